The Balaban J connectivity index is 2.25. The maximum Gasteiger partial charge on any atom is 0.0952 e. The summed E-state index contributed by atoms with van der Waals surface area (Å²) in [4.78, 5) is 11.3. The van der Waals surface area contributed by atoms with E-state index in [0.717, 1.165) is 18.5 Å². The maximum absolute atomic E-state index is 4.06. The molecule has 0 aliphatic rings. The number of hydrogen-bond donors (Lipinski definition) is 1. The van der Waals surface area contributed by atoms with Crippen LogP contribution in [-0.4, -0.2) is 19.5 Å². The Morgan fingerprint density at radius 2 is 2.43 bits per heavy atom. The molecule has 0 fully saturated rings. The minimum absolute atomic E-state index is 0.338. The summed E-state index contributed by atoms with van der Waals surface area (Å²) in [5.74, 6) is 0. The zero-order valence-corrected chi connectivity index (χ0v) is 8.22. The van der Waals surface area contributed by atoms with Gasteiger partial charge in [-0.15, -0.1) is 0 Å². The van der Waals surface area contributed by atoms with Crippen molar-refractivity contribution >= 4 is 0 Å². The van der Waals surface area contributed by atoms with Crippen LogP contribution in [0.15, 0.2) is 31.2 Å². The Hall–Kier alpha value is -1.58. The predicted octanol–water partition coefficient (Wildman–Crippen LogP) is 2.00. The highest BCUT2D eigenvalue weighted by atomic mass is 15.1. The summed E-state index contributed by atoms with van der Waals surface area (Å²) < 4.78 is 2.11. The molecule has 0 aliphatic heterocycles. The smallest absolute Gasteiger partial charge is 0.0952 e. The average molecular weight is 190 g/mol. The number of aromatic amines is 1. The molecule has 14 heavy (non-hydrogen) atoms. The summed E-state index contributed by atoms with van der Waals surface area (Å²) in [6.45, 7) is 2.18. The van der Waals surface area contributed by atoms with E-state index in [1.54, 1.807) is 12.5 Å². The van der Waals surface area contributed by atoms with Crippen LogP contribution in [0.2, 0.25) is 0 Å². The van der Waals surface area contributed by atoms with Gasteiger partial charge in [-0.25, -0.2) is 9.97 Å². The van der Waals surface area contributed by atoms with Crippen LogP contribution in [0, 0.1) is 0 Å². The van der Waals surface area contributed by atoms with E-state index in [1.165, 1.54) is 0 Å². The molecule has 74 valence electrons. The van der Waals surface area contributed by atoms with Gasteiger partial charge in [0.15, 0.2) is 0 Å². The Kier molecular flexibility index (Phi) is 2.62. The fourth-order valence-electron chi connectivity index (χ4n) is 1.64. The standard InChI is InChI=1S/C10H14N4/c1-2-3-10(9-6-12-7-13-9)14-5-4-11-8-14/h4-8,10H,2-3H2,1H3,(H,12,13). The van der Waals surface area contributed by atoms with Gasteiger partial charge < -0.3 is 9.55 Å². The van der Waals surface area contributed by atoms with Gasteiger partial charge in [0.05, 0.1) is 30.6 Å². The van der Waals surface area contributed by atoms with E-state index >= 15 is 0 Å². The lowest BCUT2D eigenvalue weighted by Gasteiger charge is -2.15. The van der Waals surface area contributed by atoms with Crippen molar-refractivity contribution in [2.24, 2.45) is 0 Å². The average Bonchev–Trinajstić information content (AvgIpc) is 2.87. The second-order valence-electron chi connectivity index (χ2n) is 3.32. The van der Waals surface area contributed by atoms with Gasteiger partial charge in [0.25, 0.3) is 0 Å². The van der Waals surface area contributed by atoms with Crippen LogP contribution < -0.4 is 0 Å². The highest BCUT2D eigenvalue weighted by molar-refractivity contribution is 5.04. The molecule has 0 amide bonds. The molecule has 0 radical (unpaired) electrons. The first-order valence-corrected chi connectivity index (χ1v) is 4.87. The van der Waals surface area contributed by atoms with Gasteiger partial charge in [0.1, 0.15) is 0 Å². The van der Waals surface area contributed by atoms with E-state index in [9.17, 15) is 0 Å². The number of H-pyrrole nitrogens is 1. The van der Waals surface area contributed by atoms with Gasteiger partial charge in [-0.3, -0.25) is 0 Å². The minimum Gasteiger partial charge on any atom is -0.347 e. The quantitative estimate of drug-likeness (QED) is 0.801. The first-order chi connectivity index (χ1) is 6.92. The van der Waals surface area contributed by atoms with Crippen molar-refractivity contribution in [2.75, 3.05) is 0 Å². The Morgan fingerprint density at radius 3 is 3.00 bits per heavy atom. The number of imidazole rings is 2. The molecule has 0 saturated heterocycles. The van der Waals surface area contributed by atoms with Gasteiger partial charge in [-0.2, -0.15) is 0 Å². The lowest BCUT2D eigenvalue weighted by Crippen LogP contribution is -2.08. The van der Waals surface area contributed by atoms with E-state index in [2.05, 4.69) is 26.4 Å². The molecule has 0 aliphatic carbocycles. The third-order valence-corrected chi connectivity index (χ3v) is 2.33. The molecule has 4 nitrogen and oxygen atoms in total. The second-order valence-corrected chi connectivity index (χ2v) is 3.32. The van der Waals surface area contributed by atoms with E-state index in [-0.39, 0.29) is 0 Å². The van der Waals surface area contributed by atoms with E-state index in [0.29, 0.717) is 6.04 Å². The summed E-state index contributed by atoms with van der Waals surface area (Å²) in [5, 5.41) is 0. The summed E-state index contributed by atoms with van der Waals surface area (Å²) in [7, 11) is 0. The van der Waals surface area contributed by atoms with Gasteiger partial charge >= 0.3 is 0 Å². The first-order valence-electron chi connectivity index (χ1n) is 4.87. The van der Waals surface area contributed by atoms with Crippen LogP contribution in [0.25, 0.3) is 0 Å². The molecule has 2 aromatic rings. The number of nitrogens with zero attached hydrogens (tertiary/aromatic N) is 3. The summed E-state index contributed by atoms with van der Waals surface area (Å²) in [5.41, 5.74) is 1.14. The Morgan fingerprint density at radius 1 is 1.50 bits per heavy atom. The normalized spacial score (nSPS) is 12.9. The minimum atomic E-state index is 0.338. The molecule has 0 bridgehead atoms. The molecule has 0 saturated carbocycles. The molecule has 1 N–H and O–H groups in total. The lowest BCUT2D eigenvalue weighted by atomic mass is 10.1. The number of rotatable bonds is 4. The van der Waals surface area contributed by atoms with Crippen LogP contribution in [-0.2, 0) is 0 Å². The van der Waals surface area contributed by atoms with Crippen molar-refractivity contribution in [1.29, 1.82) is 0 Å². The summed E-state index contributed by atoms with van der Waals surface area (Å²) in [6, 6.07) is 0.338. The van der Waals surface area contributed by atoms with Crippen molar-refractivity contribution in [3.05, 3.63) is 36.9 Å². The molecule has 0 spiro atoms. The third-order valence-electron chi connectivity index (χ3n) is 2.33. The van der Waals surface area contributed by atoms with Crippen molar-refractivity contribution in [3.63, 3.8) is 0 Å². The van der Waals surface area contributed by atoms with Gasteiger partial charge in [-0.05, 0) is 6.42 Å². The third kappa shape index (κ3) is 1.69. The molecule has 2 aromatic heterocycles. The molecule has 2 rings (SSSR count). The topological polar surface area (TPSA) is 46.5 Å². The molecule has 1 atom stereocenters. The lowest BCUT2D eigenvalue weighted by molar-refractivity contribution is 0.522. The van der Waals surface area contributed by atoms with Crippen molar-refractivity contribution in [3.8, 4) is 0 Å². The van der Waals surface area contributed by atoms with Gasteiger partial charge in [-0.1, -0.05) is 13.3 Å². The summed E-state index contributed by atoms with van der Waals surface area (Å²) >= 11 is 0. The van der Waals surface area contributed by atoms with Crippen LogP contribution in [0.4, 0.5) is 0 Å². The van der Waals surface area contributed by atoms with Crippen LogP contribution >= 0.6 is 0 Å². The van der Waals surface area contributed by atoms with Crippen LogP contribution in [0.3, 0.4) is 0 Å². The fourth-order valence-corrected chi connectivity index (χ4v) is 1.64. The van der Waals surface area contributed by atoms with Crippen LogP contribution in [0.5, 0.6) is 0 Å². The SMILES string of the molecule is CCCC(c1cnc[nH]1)n1ccnc1. The predicted molar refractivity (Wildman–Crippen MR) is 53.9 cm³/mol. The molecule has 1 unspecified atom stereocenters. The van der Waals surface area contributed by atoms with Gasteiger partial charge in [0.2, 0.25) is 0 Å². The Labute approximate surface area is 83.0 Å². The molecular weight excluding hydrogens is 176 g/mol. The number of aromatic nitrogens is 4. The van der Waals surface area contributed by atoms with Crippen LogP contribution in [0.1, 0.15) is 31.5 Å². The summed E-state index contributed by atoms with van der Waals surface area (Å²) in [6.07, 6.45) is 11.5. The molecule has 2 heterocycles. The monoisotopic (exact) mass is 190 g/mol. The van der Waals surface area contributed by atoms with E-state index in [1.807, 2.05) is 18.7 Å². The van der Waals surface area contributed by atoms with Crippen molar-refractivity contribution in [2.45, 2.75) is 25.8 Å². The highest BCUT2D eigenvalue weighted by Crippen LogP contribution is 2.20. The zero-order valence-electron chi connectivity index (χ0n) is 8.22. The largest absolute Gasteiger partial charge is 0.347 e. The number of hydrogen-bond acceptors (Lipinski definition) is 2. The maximum atomic E-state index is 4.06. The molecular formula is C10H14N4. The van der Waals surface area contributed by atoms with Crippen molar-refractivity contribution < 1.29 is 0 Å². The van der Waals surface area contributed by atoms with E-state index < -0.39 is 0 Å². The zero-order chi connectivity index (χ0) is 9.80. The second kappa shape index (κ2) is 4.09. The van der Waals surface area contributed by atoms with Crippen molar-refractivity contribution in [1.82, 2.24) is 19.5 Å². The highest BCUT2D eigenvalue weighted by Gasteiger charge is 2.12. The first kappa shape index (κ1) is 8.99. The molecule has 4 heteroatoms. The van der Waals surface area contributed by atoms with E-state index in [4.69, 9.17) is 0 Å². The fraction of sp³-hybridized carbons (Fsp3) is 0.400. The number of nitrogens with one attached hydrogen (secondary N) is 1. The van der Waals surface area contributed by atoms with Gasteiger partial charge in [0, 0.05) is 12.4 Å². The Bertz CT molecular complexity index is 315. The molecule has 0 aromatic carbocycles.